The molecule has 0 radical (unpaired) electrons. The van der Waals surface area contributed by atoms with E-state index in [0.717, 1.165) is 35.5 Å². The third kappa shape index (κ3) is 4.23. The summed E-state index contributed by atoms with van der Waals surface area (Å²) in [5, 5.41) is 3.84. The molecule has 4 nitrogen and oxygen atoms in total. The molecule has 0 bridgehead atoms. The second-order valence-electron chi connectivity index (χ2n) is 7.08. The van der Waals surface area contributed by atoms with Gasteiger partial charge in [-0.15, -0.1) is 6.58 Å². The standard InChI is InChI=1S/C23H27ClN2O2/c1-4-5-20-21(16-6-9-19(28-3)10-7-16)15-17-14-18(24)8-11-22(17)26(23(20)27)13-12-25-2/h4,6-11,14,20-21,25H,1,5,12-13,15H2,2-3H3. The van der Waals surface area contributed by atoms with Gasteiger partial charge in [-0.3, -0.25) is 4.79 Å². The number of amides is 1. The minimum absolute atomic E-state index is 0.0493. The Kier molecular flexibility index (Phi) is 6.76. The molecule has 2 atom stereocenters. The molecule has 1 aliphatic rings. The minimum Gasteiger partial charge on any atom is -0.497 e. The van der Waals surface area contributed by atoms with Gasteiger partial charge in [0.05, 0.1) is 7.11 Å². The number of anilines is 1. The molecule has 0 saturated heterocycles. The molecular formula is C23H27ClN2O2. The molecule has 148 valence electrons. The largest absolute Gasteiger partial charge is 0.497 e. The topological polar surface area (TPSA) is 41.6 Å². The maximum Gasteiger partial charge on any atom is 0.231 e. The number of fused-ring (bicyclic) bond motifs is 1. The molecule has 5 heteroatoms. The van der Waals surface area contributed by atoms with E-state index in [1.165, 1.54) is 0 Å². The maximum absolute atomic E-state index is 13.6. The smallest absolute Gasteiger partial charge is 0.231 e. The van der Waals surface area contributed by atoms with Crippen molar-refractivity contribution < 1.29 is 9.53 Å². The number of carbonyl (C=O) groups is 1. The van der Waals surface area contributed by atoms with Crippen LogP contribution in [-0.2, 0) is 11.2 Å². The van der Waals surface area contributed by atoms with Gasteiger partial charge < -0.3 is 15.0 Å². The van der Waals surface area contributed by atoms with Crippen molar-refractivity contribution in [2.45, 2.75) is 18.8 Å². The Hall–Kier alpha value is -2.30. The molecule has 2 aromatic carbocycles. The molecule has 1 aliphatic heterocycles. The molecule has 0 saturated carbocycles. The van der Waals surface area contributed by atoms with Crippen molar-refractivity contribution in [3.8, 4) is 5.75 Å². The highest BCUT2D eigenvalue weighted by molar-refractivity contribution is 6.30. The van der Waals surface area contributed by atoms with Gasteiger partial charge in [0, 0.05) is 29.7 Å². The third-order valence-electron chi connectivity index (χ3n) is 5.39. The maximum atomic E-state index is 13.6. The Bertz CT molecular complexity index is 835. The molecule has 2 aromatic rings. The zero-order valence-electron chi connectivity index (χ0n) is 16.5. The monoisotopic (exact) mass is 398 g/mol. The third-order valence-corrected chi connectivity index (χ3v) is 5.63. The van der Waals surface area contributed by atoms with Crippen molar-refractivity contribution >= 4 is 23.2 Å². The fourth-order valence-electron chi connectivity index (χ4n) is 3.95. The summed E-state index contributed by atoms with van der Waals surface area (Å²) in [4.78, 5) is 15.5. The molecule has 2 unspecified atom stereocenters. The second kappa shape index (κ2) is 9.26. The van der Waals surface area contributed by atoms with E-state index in [-0.39, 0.29) is 17.7 Å². The van der Waals surface area contributed by atoms with Crippen LogP contribution in [0.15, 0.2) is 55.1 Å². The average molecular weight is 399 g/mol. The summed E-state index contributed by atoms with van der Waals surface area (Å²) in [7, 11) is 3.55. The number of carbonyl (C=O) groups excluding carboxylic acids is 1. The van der Waals surface area contributed by atoms with Gasteiger partial charge in [0.2, 0.25) is 5.91 Å². The van der Waals surface area contributed by atoms with Crippen molar-refractivity contribution in [3.63, 3.8) is 0 Å². The van der Waals surface area contributed by atoms with Crippen LogP contribution in [0.1, 0.15) is 23.5 Å². The normalized spacial score (nSPS) is 19.1. The van der Waals surface area contributed by atoms with Crippen molar-refractivity contribution in [2.24, 2.45) is 5.92 Å². The lowest BCUT2D eigenvalue weighted by atomic mass is 9.80. The molecule has 1 N–H and O–H groups in total. The zero-order chi connectivity index (χ0) is 20.1. The summed E-state index contributed by atoms with van der Waals surface area (Å²) in [5.41, 5.74) is 3.18. The van der Waals surface area contributed by atoms with Crippen LogP contribution in [0.2, 0.25) is 5.02 Å². The lowest BCUT2D eigenvalue weighted by molar-refractivity contribution is -0.122. The number of hydrogen-bond acceptors (Lipinski definition) is 3. The Morgan fingerprint density at radius 3 is 2.68 bits per heavy atom. The summed E-state index contributed by atoms with van der Waals surface area (Å²) in [5.74, 6) is 0.822. The number of rotatable bonds is 7. The van der Waals surface area contributed by atoms with Crippen molar-refractivity contribution in [3.05, 3.63) is 71.3 Å². The van der Waals surface area contributed by atoms with Gasteiger partial charge in [-0.2, -0.15) is 0 Å². The number of likely N-dealkylation sites (N-methyl/N-ethyl adjacent to an activating group) is 1. The number of benzene rings is 2. The number of nitrogens with one attached hydrogen (secondary N) is 1. The Labute approximate surface area is 172 Å². The minimum atomic E-state index is -0.172. The summed E-state index contributed by atoms with van der Waals surface area (Å²) in [6.45, 7) is 5.24. The van der Waals surface area contributed by atoms with Gasteiger partial charge >= 0.3 is 0 Å². The second-order valence-corrected chi connectivity index (χ2v) is 7.52. The van der Waals surface area contributed by atoms with Crippen LogP contribution in [-0.4, -0.2) is 33.2 Å². The van der Waals surface area contributed by atoms with Crippen LogP contribution in [0.4, 0.5) is 5.69 Å². The number of halogens is 1. The molecule has 1 amide bonds. The molecule has 0 aliphatic carbocycles. The van der Waals surface area contributed by atoms with Gasteiger partial charge in [0.25, 0.3) is 0 Å². The van der Waals surface area contributed by atoms with E-state index in [9.17, 15) is 4.79 Å². The van der Waals surface area contributed by atoms with Crippen molar-refractivity contribution in [1.29, 1.82) is 0 Å². The van der Waals surface area contributed by atoms with Crippen LogP contribution in [0.5, 0.6) is 5.75 Å². The Morgan fingerprint density at radius 1 is 1.29 bits per heavy atom. The Morgan fingerprint density at radius 2 is 2.04 bits per heavy atom. The summed E-state index contributed by atoms with van der Waals surface area (Å²) >= 11 is 6.30. The van der Waals surface area contributed by atoms with Gasteiger partial charge in [0.1, 0.15) is 5.75 Å². The number of methoxy groups -OCH3 is 1. The van der Waals surface area contributed by atoms with E-state index in [1.807, 2.05) is 48.4 Å². The Balaban J connectivity index is 2.08. The SMILES string of the molecule is C=CCC1C(=O)N(CCNC)c2ccc(Cl)cc2CC1c1ccc(OC)cc1. The van der Waals surface area contributed by atoms with Crippen LogP contribution >= 0.6 is 11.6 Å². The predicted molar refractivity (Wildman–Crippen MR) is 115 cm³/mol. The van der Waals surface area contributed by atoms with E-state index in [2.05, 4.69) is 24.0 Å². The van der Waals surface area contributed by atoms with Gasteiger partial charge in [-0.05, 0) is 67.3 Å². The van der Waals surface area contributed by atoms with Crippen LogP contribution in [0.25, 0.3) is 0 Å². The quantitative estimate of drug-likeness (QED) is 0.701. The van der Waals surface area contributed by atoms with Crippen LogP contribution in [0.3, 0.4) is 0 Å². The van der Waals surface area contributed by atoms with Crippen molar-refractivity contribution in [2.75, 3.05) is 32.1 Å². The average Bonchev–Trinajstić information content (AvgIpc) is 2.82. The first-order valence-corrected chi connectivity index (χ1v) is 9.96. The van der Waals surface area contributed by atoms with E-state index in [1.54, 1.807) is 7.11 Å². The predicted octanol–water partition coefficient (Wildman–Crippen LogP) is 4.43. The highest BCUT2D eigenvalue weighted by Crippen LogP contribution is 2.40. The summed E-state index contributed by atoms with van der Waals surface area (Å²) < 4.78 is 5.29. The molecule has 1 heterocycles. The fourth-order valence-corrected chi connectivity index (χ4v) is 4.15. The van der Waals surface area contributed by atoms with Gasteiger partial charge in [0.15, 0.2) is 0 Å². The first-order chi connectivity index (χ1) is 13.6. The van der Waals surface area contributed by atoms with E-state index < -0.39 is 0 Å². The highest BCUT2D eigenvalue weighted by Gasteiger charge is 2.36. The summed E-state index contributed by atoms with van der Waals surface area (Å²) in [6.07, 6.45) is 3.23. The first kappa shape index (κ1) is 20.4. The lowest BCUT2D eigenvalue weighted by Crippen LogP contribution is -2.40. The van der Waals surface area contributed by atoms with Crippen LogP contribution in [0, 0.1) is 5.92 Å². The zero-order valence-corrected chi connectivity index (χ0v) is 17.2. The highest BCUT2D eigenvalue weighted by atomic mass is 35.5. The summed E-state index contributed by atoms with van der Waals surface area (Å²) in [6, 6.07) is 13.8. The van der Waals surface area contributed by atoms with E-state index in [0.29, 0.717) is 18.0 Å². The van der Waals surface area contributed by atoms with Gasteiger partial charge in [-0.25, -0.2) is 0 Å². The van der Waals surface area contributed by atoms with Crippen LogP contribution < -0.4 is 15.0 Å². The van der Waals surface area contributed by atoms with E-state index >= 15 is 0 Å². The molecule has 0 fully saturated rings. The molecular weight excluding hydrogens is 372 g/mol. The number of nitrogens with zero attached hydrogens (tertiary/aromatic N) is 1. The number of hydrogen-bond donors (Lipinski definition) is 1. The molecule has 3 rings (SSSR count). The number of ether oxygens (including phenoxy) is 1. The van der Waals surface area contributed by atoms with E-state index in [4.69, 9.17) is 16.3 Å². The molecule has 0 spiro atoms. The first-order valence-electron chi connectivity index (χ1n) is 9.58. The van der Waals surface area contributed by atoms with Gasteiger partial charge in [-0.1, -0.05) is 29.8 Å². The fraction of sp³-hybridized carbons (Fsp3) is 0.348. The van der Waals surface area contributed by atoms with Crippen molar-refractivity contribution in [1.82, 2.24) is 5.32 Å². The molecule has 28 heavy (non-hydrogen) atoms. The number of allylic oxidation sites excluding steroid dienone is 1. The molecule has 0 aromatic heterocycles. The lowest BCUT2D eigenvalue weighted by Gasteiger charge is -2.28.